The number of halogens is 1. The van der Waals surface area contributed by atoms with Crippen molar-refractivity contribution in [3.05, 3.63) is 28.2 Å². The lowest BCUT2D eigenvalue weighted by Crippen LogP contribution is -2.38. The second kappa shape index (κ2) is 3.59. The second-order valence-corrected chi connectivity index (χ2v) is 4.08. The Balaban J connectivity index is 2.59. The van der Waals surface area contributed by atoms with Crippen LogP contribution in [0.4, 0.5) is 5.69 Å². The van der Waals surface area contributed by atoms with Gasteiger partial charge in [0.25, 0.3) is 11.7 Å². The quantitative estimate of drug-likeness (QED) is 0.836. The molecule has 0 aliphatic carbocycles. The molecule has 0 atom stereocenters. The van der Waals surface area contributed by atoms with Crippen molar-refractivity contribution in [2.24, 2.45) is 0 Å². The van der Waals surface area contributed by atoms with E-state index in [0.29, 0.717) is 11.3 Å². The van der Waals surface area contributed by atoms with E-state index >= 15 is 0 Å². The van der Waals surface area contributed by atoms with Crippen LogP contribution in [0.15, 0.2) is 22.7 Å². The molecule has 0 aromatic heterocycles. The van der Waals surface area contributed by atoms with Gasteiger partial charge in [-0.1, -0.05) is 15.9 Å². The van der Waals surface area contributed by atoms with Crippen molar-refractivity contribution in [2.45, 2.75) is 5.79 Å². The molecule has 0 saturated carbocycles. The summed E-state index contributed by atoms with van der Waals surface area (Å²) in [6, 6.07) is 5.45. The maximum absolute atomic E-state index is 11.8. The van der Waals surface area contributed by atoms with Gasteiger partial charge >= 0.3 is 0 Å². The van der Waals surface area contributed by atoms with Gasteiger partial charge in [0.2, 0.25) is 0 Å². The third-order valence-electron chi connectivity index (χ3n) is 2.46. The van der Waals surface area contributed by atoms with Gasteiger partial charge in [0.15, 0.2) is 0 Å². The Morgan fingerprint density at radius 1 is 1.33 bits per heavy atom. The van der Waals surface area contributed by atoms with Gasteiger partial charge in [-0.05, 0) is 18.2 Å². The van der Waals surface area contributed by atoms with Gasteiger partial charge in [-0.15, -0.1) is 0 Å². The molecule has 1 aromatic carbocycles. The van der Waals surface area contributed by atoms with Crippen LogP contribution in [0.5, 0.6) is 0 Å². The molecule has 1 aliphatic heterocycles. The smallest absolute Gasteiger partial charge is 0.289 e. The third-order valence-corrected chi connectivity index (χ3v) is 2.95. The summed E-state index contributed by atoms with van der Waals surface area (Å²) < 4.78 is 11.2. The van der Waals surface area contributed by atoms with E-state index < -0.39 is 5.79 Å². The number of amides is 1. The summed E-state index contributed by atoms with van der Waals surface area (Å²) in [7, 11) is 2.89. The van der Waals surface area contributed by atoms with Crippen LogP contribution >= 0.6 is 15.9 Å². The SMILES string of the molecule is COC1(OC)C(=O)Nc2cc(Br)ccc21. The number of methoxy groups -OCH3 is 2. The monoisotopic (exact) mass is 271 g/mol. The molecule has 1 amide bonds. The Hall–Kier alpha value is -0.910. The molecule has 0 spiro atoms. The van der Waals surface area contributed by atoms with Crippen molar-refractivity contribution >= 4 is 27.5 Å². The fourth-order valence-corrected chi connectivity index (χ4v) is 2.08. The number of rotatable bonds is 2. The number of benzene rings is 1. The van der Waals surface area contributed by atoms with Crippen molar-refractivity contribution in [1.29, 1.82) is 0 Å². The summed E-state index contributed by atoms with van der Waals surface area (Å²) in [5.41, 5.74) is 1.40. The summed E-state index contributed by atoms with van der Waals surface area (Å²) >= 11 is 3.33. The first kappa shape index (κ1) is 10.6. The number of carbonyl (C=O) groups excluding carboxylic acids is 1. The van der Waals surface area contributed by atoms with Gasteiger partial charge in [-0.3, -0.25) is 4.79 Å². The molecule has 0 bridgehead atoms. The number of carbonyl (C=O) groups is 1. The van der Waals surface area contributed by atoms with Crippen LogP contribution in [0.2, 0.25) is 0 Å². The minimum absolute atomic E-state index is 0.305. The standard InChI is InChI=1S/C10H10BrNO3/c1-14-10(15-2)7-4-3-6(11)5-8(7)12-9(10)13/h3-5H,1-2H3,(H,12,13). The summed E-state index contributed by atoms with van der Waals surface area (Å²) in [4.78, 5) is 11.8. The molecule has 0 saturated heterocycles. The van der Waals surface area contributed by atoms with Crippen LogP contribution in [0.3, 0.4) is 0 Å². The maximum Gasteiger partial charge on any atom is 0.289 e. The van der Waals surface area contributed by atoms with Crippen LogP contribution in [-0.2, 0) is 20.1 Å². The Morgan fingerprint density at radius 3 is 2.60 bits per heavy atom. The Morgan fingerprint density at radius 2 is 2.00 bits per heavy atom. The molecule has 0 fully saturated rings. The zero-order chi connectivity index (χ0) is 11.1. The summed E-state index contributed by atoms with van der Waals surface area (Å²) in [6.45, 7) is 0. The minimum Gasteiger partial charge on any atom is -0.342 e. The zero-order valence-electron chi connectivity index (χ0n) is 8.33. The molecule has 1 aromatic rings. The van der Waals surface area contributed by atoms with Gasteiger partial charge in [0, 0.05) is 24.3 Å². The largest absolute Gasteiger partial charge is 0.342 e. The number of ether oxygens (including phenoxy) is 2. The topological polar surface area (TPSA) is 47.6 Å². The molecule has 2 rings (SSSR count). The van der Waals surface area contributed by atoms with Gasteiger partial charge in [-0.2, -0.15) is 0 Å². The first-order valence-corrected chi connectivity index (χ1v) is 5.15. The van der Waals surface area contributed by atoms with Crippen LogP contribution in [0.1, 0.15) is 5.56 Å². The summed E-state index contributed by atoms with van der Waals surface area (Å²) in [5.74, 6) is -1.61. The normalized spacial score (nSPS) is 17.4. The van der Waals surface area contributed by atoms with Crippen molar-refractivity contribution in [3.8, 4) is 0 Å². The van der Waals surface area contributed by atoms with Crippen LogP contribution in [-0.4, -0.2) is 20.1 Å². The van der Waals surface area contributed by atoms with E-state index in [4.69, 9.17) is 9.47 Å². The molecular formula is C10H10BrNO3. The Labute approximate surface area is 95.7 Å². The highest BCUT2D eigenvalue weighted by molar-refractivity contribution is 9.10. The van der Waals surface area contributed by atoms with Crippen molar-refractivity contribution < 1.29 is 14.3 Å². The zero-order valence-corrected chi connectivity index (χ0v) is 9.92. The Kier molecular flexibility index (Phi) is 2.54. The molecule has 0 radical (unpaired) electrons. The average molecular weight is 272 g/mol. The highest BCUT2D eigenvalue weighted by atomic mass is 79.9. The lowest BCUT2D eigenvalue weighted by atomic mass is 10.1. The van der Waals surface area contributed by atoms with Crippen molar-refractivity contribution in [1.82, 2.24) is 0 Å². The van der Waals surface area contributed by atoms with Gasteiger partial charge in [0.05, 0.1) is 5.69 Å². The average Bonchev–Trinajstić information content (AvgIpc) is 2.49. The summed E-state index contributed by atoms with van der Waals surface area (Å²) in [5, 5.41) is 2.71. The van der Waals surface area contributed by atoms with E-state index in [-0.39, 0.29) is 5.91 Å². The molecule has 1 aliphatic rings. The predicted octanol–water partition coefficient (Wildman–Crippen LogP) is 1.85. The molecule has 80 valence electrons. The second-order valence-electron chi connectivity index (χ2n) is 3.17. The van der Waals surface area contributed by atoms with Crippen molar-refractivity contribution in [2.75, 3.05) is 19.5 Å². The van der Waals surface area contributed by atoms with E-state index in [1.807, 2.05) is 12.1 Å². The van der Waals surface area contributed by atoms with Gasteiger partial charge in [-0.25, -0.2) is 0 Å². The highest BCUT2D eigenvalue weighted by Gasteiger charge is 2.48. The fourth-order valence-electron chi connectivity index (χ4n) is 1.72. The van der Waals surface area contributed by atoms with Crippen LogP contribution in [0.25, 0.3) is 0 Å². The minimum atomic E-state index is -1.31. The summed E-state index contributed by atoms with van der Waals surface area (Å²) in [6.07, 6.45) is 0. The number of nitrogens with one attached hydrogen (secondary N) is 1. The molecule has 1 N–H and O–H groups in total. The number of hydrogen-bond donors (Lipinski definition) is 1. The number of hydrogen-bond acceptors (Lipinski definition) is 3. The first-order valence-electron chi connectivity index (χ1n) is 4.36. The molecule has 4 nitrogen and oxygen atoms in total. The van der Waals surface area contributed by atoms with Crippen molar-refractivity contribution in [3.63, 3.8) is 0 Å². The number of anilines is 1. The van der Waals surface area contributed by atoms with E-state index in [2.05, 4.69) is 21.2 Å². The van der Waals surface area contributed by atoms with Gasteiger partial charge < -0.3 is 14.8 Å². The molecule has 5 heteroatoms. The molecule has 1 heterocycles. The van der Waals surface area contributed by atoms with E-state index in [0.717, 1.165) is 4.47 Å². The molecule has 15 heavy (non-hydrogen) atoms. The Bertz CT molecular complexity index is 415. The van der Waals surface area contributed by atoms with Crippen LogP contribution < -0.4 is 5.32 Å². The van der Waals surface area contributed by atoms with E-state index in [1.54, 1.807) is 6.07 Å². The lowest BCUT2D eigenvalue weighted by molar-refractivity contribution is -0.207. The predicted molar refractivity (Wildman–Crippen MR) is 58.5 cm³/mol. The first-order chi connectivity index (χ1) is 7.14. The van der Waals surface area contributed by atoms with Gasteiger partial charge in [0.1, 0.15) is 0 Å². The highest BCUT2D eigenvalue weighted by Crippen LogP contribution is 2.40. The van der Waals surface area contributed by atoms with Crippen LogP contribution in [0, 0.1) is 0 Å². The maximum atomic E-state index is 11.8. The number of fused-ring (bicyclic) bond motifs is 1. The lowest BCUT2D eigenvalue weighted by Gasteiger charge is -2.23. The molecular weight excluding hydrogens is 262 g/mol. The molecule has 0 unspecified atom stereocenters. The fraction of sp³-hybridized carbons (Fsp3) is 0.300. The third kappa shape index (κ3) is 1.39. The van der Waals surface area contributed by atoms with E-state index in [1.165, 1.54) is 14.2 Å². The van der Waals surface area contributed by atoms with E-state index in [9.17, 15) is 4.79 Å².